The van der Waals surface area contributed by atoms with E-state index in [0.29, 0.717) is 11.5 Å². The zero-order valence-electron chi connectivity index (χ0n) is 9.75. The van der Waals surface area contributed by atoms with Gasteiger partial charge in [-0.15, -0.1) is 0 Å². The van der Waals surface area contributed by atoms with Crippen LogP contribution in [0.2, 0.25) is 0 Å². The Morgan fingerprint density at radius 2 is 2.21 bits per heavy atom. The van der Waals surface area contributed by atoms with Gasteiger partial charge in [-0.05, 0) is 36.8 Å². The molecule has 0 spiro atoms. The van der Waals surface area contributed by atoms with Crippen LogP contribution in [0.25, 0.3) is 0 Å². The third-order valence-corrected chi connectivity index (χ3v) is 3.79. The summed E-state index contributed by atoms with van der Waals surface area (Å²) in [6.07, 6.45) is 4.73. The van der Waals surface area contributed by atoms with Gasteiger partial charge < -0.3 is 5.73 Å². The summed E-state index contributed by atoms with van der Waals surface area (Å²) >= 11 is 1.92. The Hall–Kier alpha value is 0.270. The Kier molecular flexibility index (Phi) is 4.74. The molecule has 1 aliphatic heterocycles. The van der Waals surface area contributed by atoms with E-state index >= 15 is 0 Å². The molecule has 0 saturated carbocycles. The molecule has 1 heterocycles. The van der Waals surface area contributed by atoms with Crippen molar-refractivity contribution in [2.45, 2.75) is 32.7 Å². The average molecular weight is 216 g/mol. The highest BCUT2D eigenvalue weighted by molar-refractivity contribution is 7.98. The molecule has 84 valence electrons. The van der Waals surface area contributed by atoms with Crippen molar-refractivity contribution in [1.29, 1.82) is 0 Å². The van der Waals surface area contributed by atoms with Crippen LogP contribution >= 0.6 is 11.8 Å². The summed E-state index contributed by atoms with van der Waals surface area (Å²) in [5.41, 5.74) is 6.34. The minimum absolute atomic E-state index is 0.507. The smallest absolute Gasteiger partial charge is 0.0226 e. The van der Waals surface area contributed by atoms with Gasteiger partial charge in [0.15, 0.2) is 0 Å². The largest absolute Gasteiger partial charge is 0.329 e. The monoisotopic (exact) mass is 216 g/mol. The van der Waals surface area contributed by atoms with Gasteiger partial charge in [0.25, 0.3) is 0 Å². The van der Waals surface area contributed by atoms with Crippen LogP contribution in [0, 0.1) is 5.41 Å². The van der Waals surface area contributed by atoms with Gasteiger partial charge in [-0.2, -0.15) is 11.8 Å². The molecule has 0 aromatic carbocycles. The van der Waals surface area contributed by atoms with E-state index in [1.807, 2.05) is 11.8 Å². The van der Waals surface area contributed by atoms with E-state index in [4.69, 9.17) is 5.73 Å². The summed E-state index contributed by atoms with van der Waals surface area (Å²) < 4.78 is 0. The zero-order chi connectivity index (χ0) is 10.6. The minimum Gasteiger partial charge on any atom is -0.329 e. The molecule has 14 heavy (non-hydrogen) atoms. The van der Waals surface area contributed by atoms with Gasteiger partial charge in [0.05, 0.1) is 0 Å². The van der Waals surface area contributed by atoms with Crippen LogP contribution in [0.4, 0.5) is 0 Å². The van der Waals surface area contributed by atoms with Crippen LogP contribution in [-0.2, 0) is 0 Å². The van der Waals surface area contributed by atoms with E-state index in [9.17, 15) is 0 Å². The Morgan fingerprint density at radius 3 is 2.64 bits per heavy atom. The lowest BCUT2D eigenvalue weighted by Gasteiger charge is -2.27. The van der Waals surface area contributed by atoms with Crippen LogP contribution in [0.15, 0.2) is 0 Å². The predicted octanol–water partition coefficient (Wildman–Crippen LogP) is 1.80. The van der Waals surface area contributed by atoms with Crippen molar-refractivity contribution in [3.8, 4) is 0 Å². The number of nitrogens with two attached hydrogens (primary N) is 1. The van der Waals surface area contributed by atoms with Crippen molar-refractivity contribution in [3.05, 3.63) is 0 Å². The van der Waals surface area contributed by atoms with Crippen LogP contribution < -0.4 is 5.73 Å². The number of nitrogens with zero attached hydrogens (tertiary/aromatic N) is 1. The highest BCUT2D eigenvalue weighted by atomic mass is 32.2. The fraction of sp³-hybridized carbons (Fsp3) is 1.00. The molecule has 2 N–H and O–H groups in total. The lowest BCUT2D eigenvalue weighted by Crippen LogP contribution is -2.40. The molecule has 0 bridgehead atoms. The SMILES string of the molecule is CSCCC(CN)N1CCC(C)(C)C1. The maximum atomic E-state index is 5.83. The summed E-state index contributed by atoms with van der Waals surface area (Å²) in [6.45, 7) is 7.99. The van der Waals surface area contributed by atoms with Crippen molar-refractivity contribution in [3.63, 3.8) is 0 Å². The van der Waals surface area contributed by atoms with E-state index in [2.05, 4.69) is 25.0 Å². The molecular formula is C11H24N2S. The van der Waals surface area contributed by atoms with Crippen LogP contribution in [0.3, 0.4) is 0 Å². The van der Waals surface area contributed by atoms with Gasteiger partial charge in [0.1, 0.15) is 0 Å². The lowest BCUT2D eigenvalue weighted by atomic mass is 9.93. The fourth-order valence-electron chi connectivity index (χ4n) is 2.17. The summed E-state index contributed by atoms with van der Waals surface area (Å²) in [6, 6.07) is 0.615. The normalized spacial score (nSPS) is 24.0. The fourth-order valence-corrected chi connectivity index (χ4v) is 2.68. The topological polar surface area (TPSA) is 29.3 Å². The number of rotatable bonds is 5. The van der Waals surface area contributed by atoms with E-state index < -0.39 is 0 Å². The first-order valence-corrected chi connectivity index (χ1v) is 6.91. The molecule has 1 rings (SSSR count). The molecule has 1 aliphatic rings. The first kappa shape index (κ1) is 12.3. The van der Waals surface area contributed by atoms with Crippen LogP contribution in [0.5, 0.6) is 0 Å². The van der Waals surface area contributed by atoms with Crippen molar-refractivity contribution >= 4 is 11.8 Å². The molecule has 1 unspecified atom stereocenters. The van der Waals surface area contributed by atoms with Gasteiger partial charge >= 0.3 is 0 Å². The third-order valence-electron chi connectivity index (χ3n) is 3.15. The lowest BCUT2D eigenvalue weighted by molar-refractivity contribution is 0.217. The van der Waals surface area contributed by atoms with E-state index in [-0.39, 0.29) is 0 Å². The summed E-state index contributed by atoms with van der Waals surface area (Å²) in [7, 11) is 0. The van der Waals surface area contributed by atoms with Crippen molar-refractivity contribution in [2.75, 3.05) is 31.6 Å². The number of hydrogen-bond acceptors (Lipinski definition) is 3. The van der Waals surface area contributed by atoms with Crippen molar-refractivity contribution in [2.24, 2.45) is 11.1 Å². The molecule has 0 aromatic heterocycles. The Bertz CT molecular complexity index is 171. The standard InChI is InChI=1S/C11H24N2S/c1-11(2)5-6-13(9-11)10(8-12)4-7-14-3/h10H,4-9,12H2,1-3H3. The molecule has 1 fully saturated rings. The van der Waals surface area contributed by atoms with Gasteiger partial charge in [-0.1, -0.05) is 13.8 Å². The Morgan fingerprint density at radius 1 is 1.50 bits per heavy atom. The molecule has 1 atom stereocenters. The van der Waals surface area contributed by atoms with E-state index in [1.54, 1.807) is 0 Å². The molecule has 0 radical (unpaired) electrons. The molecule has 0 aliphatic carbocycles. The number of hydrogen-bond donors (Lipinski definition) is 1. The summed E-state index contributed by atoms with van der Waals surface area (Å²) in [5, 5.41) is 0. The maximum Gasteiger partial charge on any atom is 0.0226 e. The van der Waals surface area contributed by atoms with Gasteiger partial charge in [-0.3, -0.25) is 4.90 Å². The number of likely N-dealkylation sites (tertiary alicyclic amines) is 1. The maximum absolute atomic E-state index is 5.83. The quantitative estimate of drug-likeness (QED) is 0.760. The van der Waals surface area contributed by atoms with Gasteiger partial charge in [-0.25, -0.2) is 0 Å². The van der Waals surface area contributed by atoms with E-state index in [0.717, 1.165) is 6.54 Å². The summed E-state index contributed by atoms with van der Waals surface area (Å²) in [5.74, 6) is 1.23. The minimum atomic E-state index is 0.507. The van der Waals surface area contributed by atoms with Crippen molar-refractivity contribution in [1.82, 2.24) is 4.90 Å². The Labute approximate surface area is 92.6 Å². The van der Waals surface area contributed by atoms with Crippen molar-refractivity contribution < 1.29 is 0 Å². The highest BCUT2D eigenvalue weighted by Gasteiger charge is 2.32. The molecule has 2 nitrogen and oxygen atoms in total. The second-order valence-corrected chi connectivity index (χ2v) is 6.04. The van der Waals surface area contributed by atoms with Crippen LogP contribution in [0.1, 0.15) is 26.7 Å². The average Bonchev–Trinajstić information content (AvgIpc) is 2.48. The van der Waals surface area contributed by atoms with Crippen LogP contribution in [-0.4, -0.2) is 42.6 Å². The van der Waals surface area contributed by atoms with Gasteiger partial charge in [0.2, 0.25) is 0 Å². The molecule has 0 amide bonds. The second kappa shape index (κ2) is 5.38. The molecular weight excluding hydrogens is 192 g/mol. The third kappa shape index (κ3) is 3.44. The first-order chi connectivity index (χ1) is 6.59. The predicted molar refractivity (Wildman–Crippen MR) is 65.8 cm³/mol. The Balaban J connectivity index is 2.38. The summed E-state index contributed by atoms with van der Waals surface area (Å²) in [4.78, 5) is 2.58. The number of thioether (sulfide) groups is 1. The molecule has 1 saturated heterocycles. The highest BCUT2D eigenvalue weighted by Crippen LogP contribution is 2.30. The van der Waals surface area contributed by atoms with Gasteiger partial charge in [0, 0.05) is 19.1 Å². The second-order valence-electron chi connectivity index (χ2n) is 5.06. The zero-order valence-corrected chi connectivity index (χ0v) is 10.6. The first-order valence-electron chi connectivity index (χ1n) is 5.52. The molecule has 3 heteroatoms. The molecule has 0 aromatic rings. The van der Waals surface area contributed by atoms with E-state index in [1.165, 1.54) is 31.7 Å².